The summed E-state index contributed by atoms with van der Waals surface area (Å²) in [6.07, 6.45) is 1.77. The average molecular weight is 400 g/mol. The van der Waals surface area contributed by atoms with Crippen molar-refractivity contribution >= 4 is 34.6 Å². The van der Waals surface area contributed by atoms with Gasteiger partial charge < -0.3 is 24.3 Å². The van der Waals surface area contributed by atoms with Gasteiger partial charge in [-0.15, -0.1) is 0 Å². The van der Waals surface area contributed by atoms with Crippen LogP contribution in [0.1, 0.15) is 5.56 Å². The van der Waals surface area contributed by atoms with Crippen LogP contribution >= 0.6 is 11.8 Å². The lowest BCUT2D eigenvalue weighted by molar-refractivity contribution is -0.115. The van der Waals surface area contributed by atoms with E-state index >= 15 is 0 Å². The number of nitrogens with one attached hydrogen (secondary N) is 1. The van der Waals surface area contributed by atoms with E-state index in [0.717, 1.165) is 5.56 Å². The van der Waals surface area contributed by atoms with Gasteiger partial charge in [0.2, 0.25) is 0 Å². The van der Waals surface area contributed by atoms with E-state index in [1.165, 1.54) is 11.8 Å². The first-order valence-corrected chi connectivity index (χ1v) is 9.13. The SMILES string of the molecule is COc1ccc(N=C2NC(=O)/C(=C\c3ccc(OC)c(OC)c3)S2)c(OC)c1. The molecular formula is C20H20N2O5S. The third-order valence-electron chi connectivity index (χ3n) is 3.97. The maximum Gasteiger partial charge on any atom is 0.264 e. The lowest BCUT2D eigenvalue weighted by Gasteiger charge is -2.07. The minimum absolute atomic E-state index is 0.217. The maximum atomic E-state index is 12.3. The molecule has 1 N–H and O–H groups in total. The van der Waals surface area contributed by atoms with Crippen molar-refractivity contribution in [2.75, 3.05) is 28.4 Å². The molecule has 2 aromatic carbocycles. The highest BCUT2D eigenvalue weighted by Gasteiger charge is 2.24. The van der Waals surface area contributed by atoms with Crippen LogP contribution in [0.4, 0.5) is 5.69 Å². The number of thioether (sulfide) groups is 1. The molecule has 1 aliphatic rings. The molecule has 8 heteroatoms. The zero-order valence-corrected chi connectivity index (χ0v) is 16.8. The molecule has 0 saturated carbocycles. The van der Waals surface area contributed by atoms with E-state index < -0.39 is 0 Å². The highest BCUT2D eigenvalue weighted by molar-refractivity contribution is 8.18. The number of rotatable bonds is 6. The van der Waals surface area contributed by atoms with Crippen LogP contribution in [0.5, 0.6) is 23.0 Å². The summed E-state index contributed by atoms with van der Waals surface area (Å²) < 4.78 is 21.1. The predicted molar refractivity (Wildman–Crippen MR) is 110 cm³/mol. The Balaban J connectivity index is 1.86. The van der Waals surface area contributed by atoms with Crippen molar-refractivity contribution in [3.8, 4) is 23.0 Å². The van der Waals surface area contributed by atoms with Crippen LogP contribution in [0.3, 0.4) is 0 Å². The van der Waals surface area contributed by atoms with Crippen LogP contribution in [0.25, 0.3) is 6.08 Å². The van der Waals surface area contributed by atoms with Crippen molar-refractivity contribution in [1.29, 1.82) is 0 Å². The van der Waals surface area contributed by atoms with Crippen LogP contribution in [0.15, 0.2) is 46.3 Å². The van der Waals surface area contributed by atoms with Gasteiger partial charge >= 0.3 is 0 Å². The summed E-state index contributed by atoms with van der Waals surface area (Å²) in [7, 11) is 6.28. The van der Waals surface area contributed by atoms with E-state index in [9.17, 15) is 4.79 Å². The van der Waals surface area contributed by atoms with Gasteiger partial charge in [-0.25, -0.2) is 4.99 Å². The summed E-state index contributed by atoms with van der Waals surface area (Å²) in [5, 5.41) is 3.24. The van der Waals surface area contributed by atoms with E-state index in [-0.39, 0.29) is 5.91 Å². The smallest absolute Gasteiger partial charge is 0.264 e. The van der Waals surface area contributed by atoms with Crippen molar-refractivity contribution in [3.05, 3.63) is 46.9 Å². The minimum atomic E-state index is -0.217. The Morgan fingerprint density at radius 1 is 0.893 bits per heavy atom. The van der Waals surface area contributed by atoms with Gasteiger partial charge in [-0.2, -0.15) is 0 Å². The molecule has 146 valence electrons. The summed E-state index contributed by atoms with van der Waals surface area (Å²) in [6, 6.07) is 10.7. The highest BCUT2D eigenvalue weighted by Crippen LogP contribution is 2.35. The minimum Gasteiger partial charge on any atom is -0.497 e. The van der Waals surface area contributed by atoms with Crippen LogP contribution in [-0.4, -0.2) is 39.5 Å². The second kappa shape index (κ2) is 8.71. The third-order valence-corrected chi connectivity index (χ3v) is 4.87. The monoisotopic (exact) mass is 400 g/mol. The van der Waals surface area contributed by atoms with E-state index in [1.807, 2.05) is 6.07 Å². The second-order valence-corrected chi connectivity index (χ2v) is 6.66. The first-order valence-electron chi connectivity index (χ1n) is 8.31. The molecular weight excluding hydrogens is 380 g/mol. The molecule has 0 aliphatic carbocycles. The Labute approximate surface area is 167 Å². The average Bonchev–Trinajstić information content (AvgIpc) is 3.06. The van der Waals surface area contributed by atoms with Gasteiger partial charge in [0, 0.05) is 6.07 Å². The molecule has 1 aliphatic heterocycles. The molecule has 1 saturated heterocycles. The largest absolute Gasteiger partial charge is 0.497 e. The number of nitrogens with zero attached hydrogens (tertiary/aromatic N) is 1. The molecule has 0 atom stereocenters. The Morgan fingerprint density at radius 3 is 2.32 bits per heavy atom. The summed E-state index contributed by atoms with van der Waals surface area (Å²) in [6.45, 7) is 0. The number of hydrogen-bond donors (Lipinski definition) is 1. The number of hydrogen-bond acceptors (Lipinski definition) is 7. The Morgan fingerprint density at radius 2 is 1.64 bits per heavy atom. The topological polar surface area (TPSA) is 78.4 Å². The van der Waals surface area contributed by atoms with Crippen LogP contribution in [-0.2, 0) is 4.79 Å². The summed E-state index contributed by atoms with van der Waals surface area (Å²) >= 11 is 1.25. The lowest BCUT2D eigenvalue weighted by Crippen LogP contribution is -2.19. The van der Waals surface area contributed by atoms with E-state index in [1.54, 1.807) is 64.8 Å². The van der Waals surface area contributed by atoms with E-state index in [4.69, 9.17) is 18.9 Å². The zero-order valence-electron chi connectivity index (χ0n) is 15.9. The predicted octanol–water partition coefficient (Wildman–Crippen LogP) is 3.61. The van der Waals surface area contributed by atoms with Gasteiger partial charge in [-0.3, -0.25) is 4.79 Å². The fourth-order valence-corrected chi connectivity index (χ4v) is 3.40. The number of amidine groups is 1. The lowest BCUT2D eigenvalue weighted by atomic mass is 10.2. The van der Waals surface area contributed by atoms with Gasteiger partial charge in [-0.1, -0.05) is 6.07 Å². The Kier molecular flexibility index (Phi) is 6.10. The summed E-state index contributed by atoms with van der Waals surface area (Å²) in [4.78, 5) is 17.3. The molecule has 28 heavy (non-hydrogen) atoms. The molecule has 0 aromatic heterocycles. The number of carbonyl (C=O) groups is 1. The van der Waals surface area contributed by atoms with Crippen LogP contribution in [0, 0.1) is 0 Å². The first-order chi connectivity index (χ1) is 13.6. The first kappa shape index (κ1) is 19.6. The Hall–Kier alpha value is -3.13. The highest BCUT2D eigenvalue weighted by atomic mass is 32.2. The molecule has 0 bridgehead atoms. The molecule has 2 aromatic rings. The number of aliphatic imine (C=N–C) groups is 1. The molecule has 0 unspecified atom stereocenters. The van der Waals surface area contributed by atoms with Crippen molar-refractivity contribution in [2.45, 2.75) is 0 Å². The summed E-state index contributed by atoms with van der Waals surface area (Å²) in [5.74, 6) is 2.22. The fourth-order valence-electron chi connectivity index (χ4n) is 2.56. The molecule has 1 heterocycles. The molecule has 1 fully saturated rings. The van der Waals surface area contributed by atoms with Gasteiger partial charge in [0.05, 0.1) is 33.3 Å². The van der Waals surface area contributed by atoms with Crippen LogP contribution in [0.2, 0.25) is 0 Å². The number of ether oxygens (including phenoxy) is 4. The summed E-state index contributed by atoms with van der Waals surface area (Å²) in [5.41, 5.74) is 1.41. The van der Waals surface area contributed by atoms with Crippen molar-refractivity contribution < 1.29 is 23.7 Å². The number of benzene rings is 2. The number of carbonyl (C=O) groups excluding carboxylic acids is 1. The number of amides is 1. The van der Waals surface area contributed by atoms with Gasteiger partial charge in [0.1, 0.15) is 17.2 Å². The van der Waals surface area contributed by atoms with Crippen LogP contribution < -0.4 is 24.3 Å². The standard InChI is InChI=1S/C20H20N2O5S/c1-24-13-6-7-14(16(11-13)26-3)21-20-22-19(23)18(28-20)10-12-5-8-15(25-2)17(9-12)27-4/h5-11H,1-4H3,(H,21,22,23)/b18-10+. The normalized spacial score (nSPS) is 16.2. The van der Waals surface area contributed by atoms with Crippen molar-refractivity contribution in [3.63, 3.8) is 0 Å². The molecule has 7 nitrogen and oxygen atoms in total. The molecule has 0 radical (unpaired) electrons. The molecule has 1 amide bonds. The maximum absolute atomic E-state index is 12.3. The Bertz CT molecular complexity index is 956. The molecule has 0 spiro atoms. The zero-order chi connectivity index (χ0) is 20.1. The van der Waals surface area contributed by atoms with Crippen molar-refractivity contribution in [2.24, 2.45) is 4.99 Å². The van der Waals surface area contributed by atoms with Gasteiger partial charge in [0.15, 0.2) is 16.7 Å². The van der Waals surface area contributed by atoms with E-state index in [2.05, 4.69) is 10.3 Å². The van der Waals surface area contributed by atoms with Gasteiger partial charge in [-0.05, 0) is 47.7 Å². The second-order valence-electron chi connectivity index (χ2n) is 5.63. The molecule has 3 rings (SSSR count). The fraction of sp³-hybridized carbons (Fsp3) is 0.200. The third kappa shape index (κ3) is 4.23. The number of methoxy groups -OCH3 is 4. The van der Waals surface area contributed by atoms with Gasteiger partial charge in [0.25, 0.3) is 5.91 Å². The van der Waals surface area contributed by atoms with Crippen molar-refractivity contribution in [1.82, 2.24) is 5.32 Å². The quantitative estimate of drug-likeness (QED) is 0.747. The van der Waals surface area contributed by atoms with E-state index in [0.29, 0.717) is 38.8 Å².